The maximum Gasteiger partial charge on any atom is 0.317 e. The van der Waals surface area contributed by atoms with Crippen LogP contribution < -0.4 is 10.1 Å². The van der Waals surface area contributed by atoms with Gasteiger partial charge in [0.15, 0.2) is 0 Å². The van der Waals surface area contributed by atoms with Gasteiger partial charge in [-0.15, -0.1) is 4.91 Å². The Morgan fingerprint density at radius 1 is 1.21 bits per heavy atom. The maximum atomic E-state index is 13.3. The van der Waals surface area contributed by atoms with Crippen molar-refractivity contribution >= 4 is 28.7 Å². The quantitative estimate of drug-likeness (QED) is 0.425. The van der Waals surface area contributed by atoms with Crippen molar-refractivity contribution in [3.05, 3.63) is 46.9 Å². The van der Waals surface area contributed by atoms with Crippen molar-refractivity contribution in [1.82, 2.24) is 5.32 Å². The number of hydrogen-bond acceptors (Lipinski definition) is 7. The van der Waals surface area contributed by atoms with E-state index in [1.54, 1.807) is 14.0 Å². The van der Waals surface area contributed by atoms with Crippen LogP contribution in [0.5, 0.6) is 5.75 Å². The van der Waals surface area contributed by atoms with Gasteiger partial charge in [-0.25, -0.2) is 0 Å². The zero-order valence-corrected chi connectivity index (χ0v) is 17.3. The number of methoxy groups -OCH3 is 1. The van der Waals surface area contributed by atoms with Crippen LogP contribution >= 0.6 is 11.9 Å². The van der Waals surface area contributed by atoms with Crippen molar-refractivity contribution in [1.29, 1.82) is 0 Å². The highest BCUT2D eigenvalue weighted by molar-refractivity contribution is 7.99. The van der Waals surface area contributed by atoms with Crippen LogP contribution in [0, 0.1) is 4.91 Å². The van der Waals surface area contributed by atoms with E-state index in [1.807, 2.05) is 43.3 Å². The number of hydrogen-bond donors (Lipinski definition) is 1. The lowest BCUT2D eigenvalue weighted by Crippen LogP contribution is -2.57. The summed E-state index contributed by atoms with van der Waals surface area (Å²) in [5.41, 5.74) is -0.167. The van der Waals surface area contributed by atoms with Crippen molar-refractivity contribution < 1.29 is 14.3 Å². The number of benzene rings is 2. The third-order valence-electron chi connectivity index (χ3n) is 5.84. The second kappa shape index (κ2) is 8.49. The molecule has 0 aromatic heterocycles. The monoisotopic (exact) mass is 402 g/mol. The molecule has 150 valence electrons. The minimum atomic E-state index is -1.00. The fourth-order valence-electron chi connectivity index (χ4n) is 4.09. The van der Waals surface area contributed by atoms with Gasteiger partial charge in [-0.2, -0.15) is 0 Å². The molecular weight excluding hydrogens is 376 g/mol. The number of nitroso groups, excluding NO2 is 1. The molecule has 0 radical (unpaired) electrons. The summed E-state index contributed by atoms with van der Waals surface area (Å²) < 4.78 is 13.3. The molecule has 0 amide bonds. The van der Waals surface area contributed by atoms with Gasteiger partial charge in [0.25, 0.3) is 0 Å². The molecule has 0 unspecified atom stereocenters. The lowest BCUT2D eigenvalue weighted by molar-refractivity contribution is -0.151. The second-order valence-electron chi connectivity index (χ2n) is 7.18. The Hall–Kier alpha value is -2.12. The van der Waals surface area contributed by atoms with E-state index in [2.05, 4.69) is 9.90 Å². The zero-order chi connectivity index (χ0) is 20.2. The van der Waals surface area contributed by atoms with Crippen LogP contribution in [0.15, 0.2) is 41.0 Å². The Bertz CT molecular complexity index is 867. The minimum absolute atomic E-state index is 0.284. The predicted octanol–water partition coefficient (Wildman–Crippen LogP) is 4.21. The molecule has 1 N–H and O–H groups in total. The molecule has 1 atom stereocenters. The van der Waals surface area contributed by atoms with Crippen molar-refractivity contribution in [3.8, 4) is 5.75 Å². The number of carbonyl (C=O) groups excluding carboxylic acids is 1. The molecule has 0 bridgehead atoms. The average molecular weight is 403 g/mol. The van der Waals surface area contributed by atoms with Gasteiger partial charge < -0.3 is 14.8 Å². The van der Waals surface area contributed by atoms with Gasteiger partial charge in [-0.3, -0.25) is 4.79 Å². The van der Waals surface area contributed by atoms with Crippen LogP contribution in [-0.2, 0) is 14.9 Å². The topological polar surface area (TPSA) is 77.0 Å². The molecule has 28 heavy (non-hydrogen) atoms. The first-order valence-corrected chi connectivity index (χ1v) is 10.2. The number of rotatable bonds is 7. The van der Waals surface area contributed by atoms with Gasteiger partial charge >= 0.3 is 5.97 Å². The van der Waals surface area contributed by atoms with Crippen molar-refractivity contribution in [2.45, 2.75) is 36.9 Å². The molecule has 6 nitrogen and oxygen atoms in total. The average Bonchev–Trinajstić information content (AvgIpc) is 2.73. The molecule has 3 rings (SSSR count). The fourth-order valence-corrected chi connectivity index (χ4v) is 5.00. The fraction of sp³-hybridized carbons (Fsp3) is 0.476. The highest BCUT2D eigenvalue weighted by Crippen LogP contribution is 2.51. The first kappa shape index (κ1) is 20.6. The number of fused-ring (bicyclic) bond motifs is 1. The summed E-state index contributed by atoms with van der Waals surface area (Å²) >= 11 is 0.976. The van der Waals surface area contributed by atoms with Crippen molar-refractivity contribution in [3.63, 3.8) is 0 Å². The van der Waals surface area contributed by atoms with E-state index < -0.39 is 10.2 Å². The SMILES string of the molecule is CCOC(=O)[C@](C)(c1ccc2cc(OC)ccc2c1)C1(SN=O)CCNCC1. The smallest absolute Gasteiger partial charge is 0.317 e. The number of ether oxygens (including phenoxy) is 2. The number of esters is 1. The van der Waals surface area contributed by atoms with E-state index in [-0.39, 0.29) is 12.6 Å². The highest BCUT2D eigenvalue weighted by Gasteiger charge is 2.57. The van der Waals surface area contributed by atoms with E-state index in [9.17, 15) is 9.70 Å². The lowest BCUT2D eigenvalue weighted by Gasteiger charge is -2.47. The van der Waals surface area contributed by atoms with Crippen LogP contribution in [0.2, 0.25) is 0 Å². The molecule has 0 saturated carbocycles. The van der Waals surface area contributed by atoms with Crippen LogP contribution in [0.4, 0.5) is 0 Å². The maximum absolute atomic E-state index is 13.3. The molecule has 0 aliphatic carbocycles. The van der Waals surface area contributed by atoms with E-state index >= 15 is 0 Å². The van der Waals surface area contributed by atoms with Crippen molar-refractivity contribution in [2.24, 2.45) is 4.58 Å². The van der Waals surface area contributed by atoms with E-state index in [1.165, 1.54) is 0 Å². The minimum Gasteiger partial charge on any atom is -0.497 e. The standard InChI is InChI=1S/C21H26N2O4S/c1-4-27-19(24)20(2,21(28-23-25)9-11-22-12-10-21)17-7-5-16-14-18(26-3)8-6-15(16)13-17/h5-8,13-14,22H,4,9-12H2,1-3H3/t20-/m0/s1. The van der Waals surface area contributed by atoms with Crippen LogP contribution in [-0.4, -0.2) is 37.5 Å². The normalized spacial score (nSPS) is 18.2. The first-order valence-electron chi connectivity index (χ1n) is 9.48. The second-order valence-corrected chi connectivity index (χ2v) is 8.30. The van der Waals surface area contributed by atoms with Gasteiger partial charge in [0, 0.05) is 16.5 Å². The van der Waals surface area contributed by atoms with Crippen LogP contribution in [0.1, 0.15) is 32.3 Å². The van der Waals surface area contributed by atoms with Gasteiger partial charge in [0.1, 0.15) is 11.2 Å². The Labute approximate surface area is 169 Å². The molecule has 0 spiro atoms. The molecule has 2 aromatic carbocycles. The molecule has 1 heterocycles. The third kappa shape index (κ3) is 3.49. The Balaban J connectivity index is 2.17. The Morgan fingerprint density at radius 3 is 2.54 bits per heavy atom. The summed E-state index contributed by atoms with van der Waals surface area (Å²) in [5, 5.41) is 5.34. The summed E-state index contributed by atoms with van der Waals surface area (Å²) in [6, 6.07) is 11.8. The molecular formula is C21H26N2O4S. The van der Waals surface area contributed by atoms with Gasteiger partial charge in [0.2, 0.25) is 0 Å². The van der Waals surface area contributed by atoms with Gasteiger partial charge in [-0.05, 0) is 74.3 Å². The largest absolute Gasteiger partial charge is 0.497 e. The summed E-state index contributed by atoms with van der Waals surface area (Å²) in [5.74, 6) is 0.463. The summed E-state index contributed by atoms with van der Waals surface area (Å²) in [6.45, 7) is 5.42. The summed E-state index contributed by atoms with van der Waals surface area (Å²) in [7, 11) is 1.64. The van der Waals surface area contributed by atoms with E-state index in [0.29, 0.717) is 12.8 Å². The van der Waals surface area contributed by atoms with E-state index in [0.717, 1.165) is 47.1 Å². The summed E-state index contributed by atoms with van der Waals surface area (Å²) in [6.07, 6.45) is 1.30. The molecule has 7 heteroatoms. The van der Waals surface area contributed by atoms with Crippen molar-refractivity contribution in [2.75, 3.05) is 26.8 Å². The van der Waals surface area contributed by atoms with E-state index in [4.69, 9.17) is 9.47 Å². The molecule has 1 fully saturated rings. The van der Waals surface area contributed by atoms with Crippen LogP contribution in [0.25, 0.3) is 10.8 Å². The molecule has 1 aliphatic rings. The zero-order valence-electron chi connectivity index (χ0n) is 16.5. The van der Waals surface area contributed by atoms with Gasteiger partial charge in [-0.1, -0.05) is 18.2 Å². The first-order chi connectivity index (χ1) is 13.5. The molecule has 1 saturated heterocycles. The predicted molar refractivity (Wildman–Crippen MR) is 113 cm³/mol. The third-order valence-corrected chi connectivity index (χ3v) is 7.08. The molecule has 2 aromatic rings. The Kier molecular flexibility index (Phi) is 6.25. The number of piperidine rings is 1. The van der Waals surface area contributed by atoms with Gasteiger partial charge in [0.05, 0.1) is 18.5 Å². The highest BCUT2D eigenvalue weighted by atomic mass is 32.2. The Morgan fingerprint density at radius 2 is 1.89 bits per heavy atom. The lowest BCUT2D eigenvalue weighted by atomic mass is 9.67. The molecule has 1 aliphatic heterocycles. The van der Waals surface area contributed by atoms with Crippen LogP contribution in [0.3, 0.4) is 0 Å². The number of nitrogens with zero attached hydrogens (tertiary/aromatic N) is 1. The number of nitrogens with one attached hydrogen (secondary N) is 1. The summed E-state index contributed by atoms with van der Waals surface area (Å²) in [4.78, 5) is 24.6. The number of carbonyl (C=O) groups is 1.